The van der Waals surface area contributed by atoms with E-state index < -0.39 is 60.9 Å². The number of ether oxygens (including phenoxy) is 5. The zero-order valence-electron chi connectivity index (χ0n) is 14.6. The van der Waals surface area contributed by atoms with Crippen LogP contribution in [0.4, 0.5) is 0 Å². The summed E-state index contributed by atoms with van der Waals surface area (Å²) in [5.41, 5.74) is 0. The van der Waals surface area contributed by atoms with E-state index in [1.807, 2.05) is 0 Å². The third-order valence-electron chi connectivity index (χ3n) is 3.19. The molecule has 0 bridgehead atoms. The Morgan fingerprint density at radius 3 is 1.85 bits per heavy atom. The minimum absolute atomic E-state index is 0.510. The summed E-state index contributed by atoms with van der Waals surface area (Å²) in [6.45, 7) is 3.71. The van der Waals surface area contributed by atoms with Gasteiger partial charge >= 0.3 is 29.9 Å². The van der Waals surface area contributed by atoms with E-state index in [0.717, 1.165) is 27.7 Å². The average Bonchev–Trinajstić information content (AvgIpc) is 2.50. The second-order valence-electron chi connectivity index (χ2n) is 5.39. The number of esters is 4. The van der Waals surface area contributed by atoms with Gasteiger partial charge in [0.1, 0.15) is 12.7 Å². The monoisotopic (exact) mass is 379 g/mol. The Hall–Kier alpha value is -2.28. The largest absolute Gasteiger partial charge is 0.463 e. The molecule has 12 nitrogen and oxygen atoms in total. The lowest BCUT2D eigenvalue weighted by molar-refractivity contribution is -0.450. The van der Waals surface area contributed by atoms with Crippen molar-refractivity contribution in [1.29, 1.82) is 0 Å². The first-order valence-corrected chi connectivity index (χ1v) is 7.43. The van der Waals surface area contributed by atoms with Crippen LogP contribution in [0, 0.1) is 0 Å². The van der Waals surface area contributed by atoms with E-state index in [-0.39, 0.29) is 0 Å². The van der Waals surface area contributed by atoms with Gasteiger partial charge < -0.3 is 28.8 Å². The first kappa shape index (κ1) is 21.8. The summed E-state index contributed by atoms with van der Waals surface area (Å²) >= 11 is 0. The number of carbonyl (C=O) groups excluding carboxylic acids is 4. The molecule has 0 amide bonds. The van der Waals surface area contributed by atoms with Gasteiger partial charge in [0.2, 0.25) is 6.10 Å². The van der Waals surface area contributed by atoms with Crippen molar-refractivity contribution in [3.05, 3.63) is 0 Å². The van der Waals surface area contributed by atoms with Gasteiger partial charge in [0, 0.05) is 27.7 Å². The van der Waals surface area contributed by atoms with Crippen LogP contribution in [0.15, 0.2) is 0 Å². The topological polar surface area (TPSA) is 170 Å². The van der Waals surface area contributed by atoms with Gasteiger partial charge in [0.05, 0.1) is 0 Å². The highest BCUT2D eigenvalue weighted by molar-refractivity contribution is 5.68. The van der Waals surface area contributed by atoms with E-state index in [2.05, 4.69) is 4.84 Å². The van der Waals surface area contributed by atoms with Crippen LogP contribution in [0.3, 0.4) is 0 Å². The Labute approximate surface area is 148 Å². The smallest absolute Gasteiger partial charge is 0.340 e. The quantitative estimate of drug-likeness (QED) is 0.232. The molecule has 0 aromatic rings. The molecule has 5 atom stereocenters. The fourth-order valence-electron chi connectivity index (χ4n) is 2.34. The third-order valence-corrected chi connectivity index (χ3v) is 3.19. The van der Waals surface area contributed by atoms with Crippen LogP contribution in [-0.4, -0.2) is 66.0 Å². The molecule has 0 aromatic carbocycles. The average molecular weight is 379 g/mol. The fraction of sp³-hybridized carbons (Fsp3) is 0.714. The second kappa shape index (κ2) is 8.89. The molecule has 0 unspecified atom stereocenters. The predicted molar refractivity (Wildman–Crippen MR) is 78.4 cm³/mol. The van der Waals surface area contributed by atoms with Crippen LogP contribution in [0.1, 0.15) is 27.7 Å². The van der Waals surface area contributed by atoms with Crippen molar-refractivity contribution in [3.63, 3.8) is 0 Å². The molecule has 1 saturated heterocycles. The van der Waals surface area contributed by atoms with E-state index in [1.165, 1.54) is 0 Å². The molecule has 0 saturated carbocycles. The minimum atomic E-state index is -2.77. The molecule has 3 N–H and O–H groups in total. The molecule has 148 valence electrons. The summed E-state index contributed by atoms with van der Waals surface area (Å²) in [6.07, 6.45) is -6.13. The highest BCUT2D eigenvalue weighted by atomic mass is 16.9. The normalized spacial score (nSPS) is 30.8. The van der Waals surface area contributed by atoms with Gasteiger partial charge in [0.25, 0.3) is 0 Å². The lowest BCUT2D eigenvalue weighted by atomic mass is 9.96. The Morgan fingerprint density at radius 1 is 0.923 bits per heavy atom. The van der Waals surface area contributed by atoms with Crippen molar-refractivity contribution in [2.75, 3.05) is 6.61 Å². The van der Waals surface area contributed by atoms with Crippen LogP contribution >= 0.6 is 0 Å². The van der Waals surface area contributed by atoms with E-state index in [1.54, 1.807) is 0 Å². The third kappa shape index (κ3) is 5.62. The van der Waals surface area contributed by atoms with Crippen LogP contribution < -0.4 is 5.90 Å². The molecule has 0 aromatic heterocycles. The molecular weight excluding hydrogens is 358 g/mol. The first-order valence-electron chi connectivity index (χ1n) is 7.43. The maximum Gasteiger partial charge on any atom is 0.340 e. The van der Waals surface area contributed by atoms with Gasteiger partial charge in [0.15, 0.2) is 12.2 Å². The Bertz CT molecular complexity index is 565. The lowest BCUT2D eigenvalue weighted by Gasteiger charge is -2.46. The Morgan fingerprint density at radius 2 is 1.42 bits per heavy atom. The summed E-state index contributed by atoms with van der Waals surface area (Å²) in [5.74, 6) is -0.976. The van der Waals surface area contributed by atoms with Crippen molar-refractivity contribution in [3.8, 4) is 0 Å². The molecule has 0 aliphatic carbocycles. The predicted octanol–water partition coefficient (Wildman–Crippen LogP) is -1.72. The standard InChI is InChI=1S/C14H21NO11/c1-6(16)21-5-10-11(22-7(2)17)12(23-8(3)18)13(24-9(4)19)14(20,25-10)26-15/h10-13,20H,5,15H2,1-4H3/t10-,11+,12+,13-,14-/m1/s1. The van der Waals surface area contributed by atoms with Crippen molar-refractivity contribution >= 4 is 23.9 Å². The Balaban J connectivity index is 3.32. The first-order chi connectivity index (χ1) is 12.0. The van der Waals surface area contributed by atoms with Gasteiger partial charge in [-0.25, -0.2) is 10.7 Å². The van der Waals surface area contributed by atoms with Crippen LogP contribution in [0.2, 0.25) is 0 Å². The van der Waals surface area contributed by atoms with E-state index in [9.17, 15) is 24.3 Å². The molecule has 0 radical (unpaired) electrons. The number of carbonyl (C=O) groups is 4. The SMILES string of the molecule is CC(=O)OC[C@H]1O[C@@](O)(ON)[C@H](OC(C)=O)[C@@H](OC(C)=O)[C@H]1OC(C)=O. The molecule has 1 aliphatic heterocycles. The van der Waals surface area contributed by atoms with Crippen molar-refractivity contribution in [2.24, 2.45) is 5.90 Å². The summed E-state index contributed by atoms with van der Waals surface area (Å²) in [6, 6.07) is 0. The zero-order valence-corrected chi connectivity index (χ0v) is 14.6. The van der Waals surface area contributed by atoms with Crippen LogP contribution in [0.5, 0.6) is 0 Å². The highest BCUT2D eigenvalue weighted by Crippen LogP contribution is 2.34. The van der Waals surface area contributed by atoms with Gasteiger partial charge in [-0.15, -0.1) is 0 Å². The number of hydrogen-bond acceptors (Lipinski definition) is 12. The number of aliphatic hydroxyl groups is 1. The van der Waals surface area contributed by atoms with E-state index in [4.69, 9.17) is 29.6 Å². The maximum atomic E-state index is 11.5. The summed E-state index contributed by atoms with van der Waals surface area (Å²) < 4.78 is 25.0. The van der Waals surface area contributed by atoms with E-state index in [0.29, 0.717) is 0 Å². The van der Waals surface area contributed by atoms with Gasteiger partial charge in [-0.1, -0.05) is 0 Å². The molecule has 1 rings (SSSR count). The molecule has 1 fully saturated rings. The van der Waals surface area contributed by atoms with Crippen molar-refractivity contribution in [1.82, 2.24) is 0 Å². The zero-order chi connectivity index (χ0) is 20.1. The second-order valence-corrected chi connectivity index (χ2v) is 5.39. The molecule has 1 heterocycles. The summed E-state index contributed by atoms with van der Waals surface area (Å²) in [5, 5.41) is 10.4. The number of rotatable bonds is 6. The van der Waals surface area contributed by atoms with Gasteiger partial charge in [-0.2, -0.15) is 0 Å². The van der Waals surface area contributed by atoms with Crippen LogP contribution in [-0.2, 0) is 47.7 Å². The molecule has 1 aliphatic rings. The lowest BCUT2D eigenvalue weighted by Crippen LogP contribution is -2.69. The molecule has 12 heteroatoms. The summed E-state index contributed by atoms with van der Waals surface area (Å²) in [7, 11) is 0. The number of nitrogens with two attached hydrogens (primary N) is 1. The minimum Gasteiger partial charge on any atom is -0.463 e. The fourth-order valence-corrected chi connectivity index (χ4v) is 2.34. The molecular formula is C14H21NO11. The Kier molecular flexibility index (Phi) is 7.44. The number of hydrogen-bond donors (Lipinski definition) is 2. The maximum absolute atomic E-state index is 11.5. The van der Waals surface area contributed by atoms with E-state index >= 15 is 0 Å². The van der Waals surface area contributed by atoms with Crippen molar-refractivity contribution < 1.29 is 52.8 Å². The molecule has 0 spiro atoms. The highest BCUT2D eigenvalue weighted by Gasteiger charge is 2.61. The van der Waals surface area contributed by atoms with Gasteiger partial charge in [-0.3, -0.25) is 19.2 Å². The molecule has 26 heavy (non-hydrogen) atoms. The summed E-state index contributed by atoms with van der Waals surface area (Å²) in [4.78, 5) is 49.7. The van der Waals surface area contributed by atoms with Gasteiger partial charge in [-0.05, 0) is 0 Å². The van der Waals surface area contributed by atoms with Crippen molar-refractivity contribution in [2.45, 2.75) is 58.1 Å². The van der Waals surface area contributed by atoms with Crippen LogP contribution in [0.25, 0.3) is 0 Å².